The normalized spacial score (nSPS) is 11.0. The van der Waals surface area contributed by atoms with Gasteiger partial charge in [0.1, 0.15) is 11.5 Å². The molecule has 2 heteroatoms. The van der Waals surface area contributed by atoms with Gasteiger partial charge in [-0.2, -0.15) is 0 Å². The summed E-state index contributed by atoms with van der Waals surface area (Å²) in [6, 6.07) is 60.3. The number of ether oxygens (including phenoxy) is 2. The summed E-state index contributed by atoms with van der Waals surface area (Å²) in [6.45, 7) is 36.3. The molecule has 0 saturated heterocycles. The molecule has 0 aromatic heterocycles. The van der Waals surface area contributed by atoms with Gasteiger partial charge in [0, 0.05) is 0 Å². The molecule has 0 aliphatic rings. The standard InChI is InChI=1S/2C22H30.C15H16O2.C13H12/c2*1-14(2)18-12-20(15(3)4)22(21(13-18)16(5)6)19-11-9-8-10-17(19)7;1-11-7-4-5-8-12(11)15-13(16-2)9-6-10-14(15)17-3;1-11-7-5-6-10-13(11)12-8-3-2-4-9-12/h2*8-16H,1-7H3;4-10H,1-3H3;2-10H,1H3. The largest absolute Gasteiger partial charge is 0.496 e. The van der Waals surface area contributed by atoms with Crippen molar-refractivity contribution < 1.29 is 9.47 Å². The highest BCUT2D eigenvalue weighted by Gasteiger charge is 2.21. The van der Waals surface area contributed by atoms with Crippen molar-refractivity contribution in [3.05, 3.63) is 225 Å². The van der Waals surface area contributed by atoms with Crippen LogP contribution in [0.25, 0.3) is 44.5 Å². The quantitative estimate of drug-likeness (QED) is 0.121. The molecule has 0 amide bonds. The SMILES string of the molecule is COc1cccc(OC)c1-c1ccccc1C.Cc1ccccc1-c1c(C(C)C)cc(C(C)C)cc1C(C)C.Cc1ccccc1-c1c(C(C)C)cc(C(C)C)cc1C(C)C.Cc1ccccc1-c1ccccc1. The molecule has 0 spiro atoms. The lowest BCUT2D eigenvalue weighted by Crippen LogP contribution is -2.04. The van der Waals surface area contributed by atoms with E-state index in [1.54, 1.807) is 14.2 Å². The maximum absolute atomic E-state index is 5.42. The number of benzene rings is 8. The average molecular weight is 985 g/mol. The molecule has 0 aliphatic carbocycles. The summed E-state index contributed by atoms with van der Waals surface area (Å²) in [5.74, 6) is 4.94. The maximum Gasteiger partial charge on any atom is 0.130 e. The van der Waals surface area contributed by atoms with Gasteiger partial charge in [-0.3, -0.25) is 0 Å². The van der Waals surface area contributed by atoms with Crippen molar-refractivity contribution in [3.8, 4) is 56.0 Å². The average Bonchev–Trinajstić information content (AvgIpc) is 3.39. The molecule has 0 aliphatic heterocycles. The second-order valence-corrected chi connectivity index (χ2v) is 21.7. The molecule has 0 unspecified atom stereocenters. The minimum Gasteiger partial charge on any atom is -0.496 e. The monoisotopic (exact) mass is 985 g/mol. The molecule has 0 fully saturated rings. The summed E-state index contributed by atoms with van der Waals surface area (Å²) in [5, 5.41) is 0. The van der Waals surface area contributed by atoms with E-state index >= 15 is 0 Å². The molecule has 74 heavy (non-hydrogen) atoms. The smallest absolute Gasteiger partial charge is 0.130 e. The molecular formula is C72H88O2. The van der Waals surface area contributed by atoms with Crippen LogP contribution in [0.3, 0.4) is 0 Å². The number of aryl methyl sites for hydroxylation is 4. The topological polar surface area (TPSA) is 18.5 Å². The third-order valence-corrected chi connectivity index (χ3v) is 14.2. The van der Waals surface area contributed by atoms with E-state index in [4.69, 9.17) is 9.47 Å². The van der Waals surface area contributed by atoms with Crippen molar-refractivity contribution >= 4 is 0 Å². The van der Waals surface area contributed by atoms with Gasteiger partial charge in [0.2, 0.25) is 0 Å². The van der Waals surface area contributed by atoms with E-state index in [9.17, 15) is 0 Å². The Morgan fingerprint density at radius 1 is 0.270 bits per heavy atom. The van der Waals surface area contributed by atoms with Crippen LogP contribution in [-0.4, -0.2) is 14.2 Å². The third kappa shape index (κ3) is 14.8. The summed E-state index contributed by atoms with van der Waals surface area (Å²) in [5.41, 5.74) is 24.6. The van der Waals surface area contributed by atoms with Crippen LogP contribution in [0.2, 0.25) is 0 Å². The van der Waals surface area contributed by atoms with Gasteiger partial charge in [-0.25, -0.2) is 0 Å². The number of methoxy groups -OCH3 is 2. The lowest BCUT2D eigenvalue weighted by Gasteiger charge is -2.24. The highest BCUT2D eigenvalue weighted by molar-refractivity contribution is 5.80. The van der Waals surface area contributed by atoms with E-state index in [0.717, 1.165) is 22.6 Å². The van der Waals surface area contributed by atoms with E-state index in [1.165, 1.54) is 89.0 Å². The zero-order valence-corrected chi connectivity index (χ0v) is 48.4. The number of hydrogen-bond donors (Lipinski definition) is 0. The van der Waals surface area contributed by atoms with Crippen molar-refractivity contribution in [3.63, 3.8) is 0 Å². The summed E-state index contributed by atoms with van der Waals surface area (Å²) in [4.78, 5) is 0. The molecule has 0 N–H and O–H groups in total. The lowest BCUT2D eigenvalue weighted by atomic mass is 9.81. The van der Waals surface area contributed by atoms with Gasteiger partial charge in [-0.1, -0.05) is 241 Å². The van der Waals surface area contributed by atoms with Crippen LogP contribution >= 0.6 is 0 Å². The van der Waals surface area contributed by atoms with Crippen LogP contribution in [0.5, 0.6) is 11.5 Å². The predicted molar refractivity (Wildman–Crippen MR) is 324 cm³/mol. The Morgan fingerprint density at radius 3 is 0.811 bits per heavy atom. The van der Waals surface area contributed by atoms with Crippen LogP contribution in [-0.2, 0) is 0 Å². The molecular weight excluding hydrogens is 897 g/mol. The van der Waals surface area contributed by atoms with Crippen LogP contribution in [0.15, 0.2) is 170 Å². The Bertz CT molecular complexity index is 2820. The molecule has 0 bridgehead atoms. The second kappa shape index (κ2) is 27.6. The molecule has 0 heterocycles. The summed E-state index contributed by atoms with van der Waals surface area (Å²) < 4.78 is 10.8. The van der Waals surface area contributed by atoms with E-state index < -0.39 is 0 Å². The number of rotatable bonds is 12. The van der Waals surface area contributed by atoms with Crippen molar-refractivity contribution in [1.29, 1.82) is 0 Å². The number of hydrogen-bond acceptors (Lipinski definition) is 2. The molecule has 8 aromatic rings. The Hall–Kier alpha value is -6.64. The first-order valence-corrected chi connectivity index (χ1v) is 27.2. The molecule has 0 radical (unpaired) electrons. The van der Waals surface area contributed by atoms with Gasteiger partial charge in [-0.15, -0.1) is 0 Å². The molecule has 0 atom stereocenters. The predicted octanol–water partition coefficient (Wildman–Crippen LogP) is 21.4. The summed E-state index contributed by atoms with van der Waals surface area (Å²) in [6.07, 6.45) is 0. The molecule has 0 saturated carbocycles. The molecule has 8 aromatic carbocycles. The summed E-state index contributed by atoms with van der Waals surface area (Å²) in [7, 11) is 3.35. The maximum atomic E-state index is 5.42. The molecule has 2 nitrogen and oxygen atoms in total. The third-order valence-electron chi connectivity index (χ3n) is 14.2. The Labute approximate surface area is 449 Å². The first kappa shape index (κ1) is 58.3. The van der Waals surface area contributed by atoms with Crippen LogP contribution in [0.1, 0.15) is 174 Å². The van der Waals surface area contributed by atoms with Gasteiger partial charge >= 0.3 is 0 Å². The summed E-state index contributed by atoms with van der Waals surface area (Å²) >= 11 is 0. The minimum absolute atomic E-state index is 0.533. The Balaban J connectivity index is 0.000000186. The van der Waals surface area contributed by atoms with E-state index in [-0.39, 0.29) is 0 Å². The van der Waals surface area contributed by atoms with Crippen LogP contribution in [0.4, 0.5) is 0 Å². The highest BCUT2D eigenvalue weighted by Crippen LogP contribution is 2.42. The zero-order valence-electron chi connectivity index (χ0n) is 48.4. The van der Waals surface area contributed by atoms with Crippen LogP contribution in [0, 0.1) is 27.7 Å². The first-order valence-electron chi connectivity index (χ1n) is 27.2. The fourth-order valence-electron chi connectivity index (χ4n) is 9.72. The van der Waals surface area contributed by atoms with Gasteiger partial charge in [0.25, 0.3) is 0 Å². The fraction of sp³-hybridized carbons (Fsp3) is 0.333. The van der Waals surface area contributed by atoms with Crippen molar-refractivity contribution in [1.82, 2.24) is 0 Å². The van der Waals surface area contributed by atoms with Gasteiger partial charge in [0.15, 0.2) is 0 Å². The minimum atomic E-state index is 0.533. The first-order chi connectivity index (χ1) is 35.3. The lowest BCUT2D eigenvalue weighted by molar-refractivity contribution is 0.397. The molecule has 8 rings (SSSR count). The van der Waals surface area contributed by atoms with Gasteiger partial charge in [-0.05, 0) is 170 Å². The fourth-order valence-corrected chi connectivity index (χ4v) is 9.72. The van der Waals surface area contributed by atoms with E-state index in [0.29, 0.717) is 35.5 Å². The van der Waals surface area contributed by atoms with Gasteiger partial charge in [0.05, 0.1) is 19.8 Å². The van der Waals surface area contributed by atoms with Crippen molar-refractivity contribution in [2.75, 3.05) is 14.2 Å². The van der Waals surface area contributed by atoms with Crippen molar-refractivity contribution in [2.24, 2.45) is 0 Å². The van der Waals surface area contributed by atoms with E-state index in [2.05, 4.69) is 244 Å². The van der Waals surface area contributed by atoms with Crippen LogP contribution < -0.4 is 9.47 Å². The Kier molecular flexibility index (Phi) is 21.7. The van der Waals surface area contributed by atoms with E-state index in [1.807, 2.05) is 36.4 Å². The van der Waals surface area contributed by atoms with Gasteiger partial charge < -0.3 is 9.47 Å². The Morgan fingerprint density at radius 2 is 0.541 bits per heavy atom. The highest BCUT2D eigenvalue weighted by atomic mass is 16.5. The van der Waals surface area contributed by atoms with Crippen molar-refractivity contribution in [2.45, 2.75) is 146 Å². The molecule has 388 valence electrons. The zero-order chi connectivity index (χ0) is 54.2. The second-order valence-electron chi connectivity index (χ2n) is 21.7.